The first-order chi connectivity index (χ1) is 9.63. The van der Waals surface area contributed by atoms with E-state index in [0.29, 0.717) is 23.8 Å². The summed E-state index contributed by atoms with van der Waals surface area (Å²) in [5, 5.41) is 4.62. The van der Waals surface area contributed by atoms with Crippen molar-refractivity contribution in [2.45, 2.75) is 6.92 Å². The molecule has 1 aromatic carbocycles. The predicted molar refractivity (Wildman–Crippen MR) is 86.0 cm³/mol. The largest absolute Gasteiger partial charge is 0.383 e. The number of benzene rings is 1. The third-order valence-corrected chi connectivity index (χ3v) is 4.04. The van der Waals surface area contributed by atoms with Gasteiger partial charge in [-0.25, -0.2) is 4.98 Å². The minimum atomic E-state index is -0.0957. The van der Waals surface area contributed by atoms with Crippen LogP contribution >= 0.6 is 11.8 Å². The van der Waals surface area contributed by atoms with Gasteiger partial charge in [-0.3, -0.25) is 4.79 Å². The average molecular weight is 289 g/mol. The molecule has 2 rings (SSSR count). The fourth-order valence-corrected chi connectivity index (χ4v) is 2.79. The number of rotatable bonds is 5. The number of amides is 1. The number of carbonyl (C=O) groups excluding carboxylic acids is 1. The zero-order valence-electron chi connectivity index (χ0n) is 11.7. The van der Waals surface area contributed by atoms with Crippen LogP contribution in [0.3, 0.4) is 0 Å². The summed E-state index contributed by atoms with van der Waals surface area (Å²) in [5.74, 6) is 1.83. The van der Waals surface area contributed by atoms with Gasteiger partial charge in [-0.1, -0.05) is 31.2 Å². The van der Waals surface area contributed by atoms with Crippen molar-refractivity contribution in [3.63, 3.8) is 0 Å². The molecule has 0 radical (unpaired) electrons. The Morgan fingerprint density at radius 3 is 2.80 bits per heavy atom. The molecule has 5 heteroatoms. The van der Waals surface area contributed by atoms with Crippen molar-refractivity contribution >= 4 is 34.3 Å². The lowest BCUT2D eigenvalue weighted by atomic mass is 10.1. The first-order valence-corrected chi connectivity index (χ1v) is 7.93. The monoisotopic (exact) mass is 289 g/mol. The molecule has 1 atom stereocenters. The highest BCUT2D eigenvalue weighted by atomic mass is 32.2. The van der Waals surface area contributed by atoms with Crippen LogP contribution in [0.15, 0.2) is 30.5 Å². The van der Waals surface area contributed by atoms with Gasteiger partial charge < -0.3 is 11.1 Å². The van der Waals surface area contributed by atoms with Gasteiger partial charge in [-0.2, -0.15) is 11.8 Å². The van der Waals surface area contributed by atoms with Crippen LogP contribution in [0.2, 0.25) is 0 Å². The smallest absolute Gasteiger partial charge is 0.253 e. The van der Waals surface area contributed by atoms with Gasteiger partial charge in [0.1, 0.15) is 5.82 Å². The molecule has 0 aliphatic carbocycles. The minimum absolute atomic E-state index is 0.0957. The topological polar surface area (TPSA) is 68.0 Å². The van der Waals surface area contributed by atoms with Crippen LogP contribution in [0.4, 0.5) is 5.82 Å². The van der Waals surface area contributed by atoms with Gasteiger partial charge in [0.05, 0.1) is 5.56 Å². The van der Waals surface area contributed by atoms with Crippen LogP contribution < -0.4 is 11.1 Å². The zero-order chi connectivity index (χ0) is 14.5. The summed E-state index contributed by atoms with van der Waals surface area (Å²) in [6.07, 6.45) is 3.61. The van der Waals surface area contributed by atoms with Crippen LogP contribution in [0.5, 0.6) is 0 Å². The summed E-state index contributed by atoms with van der Waals surface area (Å²) in [5.41, 5.74) is 6.42. The molecule has 4 nitrogen and oxygen atoms in total. The quantitative estimate of drug-likeness (QED) is 0.887. The highest BCUT2D eigenvalue weighted by Crippen LogP contribution is 2.22. The van der Waals surface area contributed by atoms with E-state index in [4.69, 9.17) is 5.73 Å². The Hall–Kier alpha value is -1.75. The third-order valence-electron chi connectivity index (χ3n) is 3.13. The number of nitrogens with zero attached hydrogens (tertiary/aromatic N) is 1. The molecule has 0 spiro atoms. The number of carbonyl (C=O) groups is 1. The number of aromatic nitrogens is 1. The Morgan fingerprint density at radius 1 is 1.40 bits per heavy atom. The number of nitrogen functional groups attached to an aromatic ring is 1. The van der Waals surface area contributed by atoms with E-state index in [1.807, 2.05) is 24.3 Å². The molecule has 1 amide bonds. The van der Waals surface area contributed by atoms with E-state index < -0.39 is 0 Å². The second-order valence-electron chi connectivity index (χ2n) is 4.87. The van der Waals surface area contributed by atoms with Crippen molar-refractivity contribution in [1.82, 2.24) is 10.3 Å². The second-order valence-corrected chi connectivity index (χ2v) is 5.78. The number of fused-ring (bicyclic) bond motifs is 1. The van der Waals surface area contributed by atoms with Gasteiger partial charge in [0.2, 0.25) is 0 Å². The maximum absolute atomic E-state index is 12.3. The molecular weight excluding hydrogens is 270 g/mol. The van der Waals surface area contributed by atoms with Crippen LogP contribution in [0, 0.1) is 5.92 Å². The molecule has 1 aromatic heterocycles. The first kappa shape index (κ1) is 14.7. The second kappa shape index (κ2) is 6.61. The summed E-state index contributed by atoms with van der Waals surface area (Å²) in [4.78, 5) is 16.4. The van der Waals surface area contributed by atoms with E-state index in [1.54, 1.807) is 18.0 Å². The van der Waals surface area contributed by atoms with Crippen molar-refractivity contribution in [3.8, 4) is 0 Å². The van der Waals surface area contributed by atoms with Gasteiger partial charge >= 0.3 is 0 Å². The molecule has 3 N–H and O–H groups in total. The lowest BCUT2D eigenvalue weighted by Crippen LogP contribution is -2.29. The Kier molecular flexibility index (Phi) is 4.84. The van der Waals surface area contributed by atoms with Gasteiger partial charge in [-0.05, 0) is 23.3 Å². The Morgan fingerprint density at radius 2 is 2.10 bits per heavy atom. The average Bonchev–Trinajstić information content (AvgIpc) is 2.46. The van der Waals surface area contributed by atoms with Crippen LogP contribution in [0.1, 0.15) is 17.3 Å². The molecular formula is C15H19N3OS. The van der Waals surface area contributed by atoms with Crippen molar-refractivity contribution < 1.29 is 4.79 Å². The van der Waals surface area contributed by atoms with Crippen LogP contribution in [-0.2, 0) is 0 Å². The molecule has 1 heterocycles. The lowest BCUT2D eigenvalue weighted by molar-refractivity contribution is 0.0950. The first-order valence-electron chi connectivity index (χ1n) is 6.53. The fourth-order valence-electron chi connectivity index (χ4n) is 2.10. The van der Waals surface area contributed by atoms with E-state index in [1.165, 1.54) is 0 Å². The van der Waals surface area contributed by atoms with Crippen molar-refractivity contribution in [2.24, 2.45) is 5.92 Å². The number of anilines is 1. The maximum atomic E-state index is 12.3. The highest BCUT2D eigenvalue weighted by molar-refractivity contribution is 7.98. The number of nitrogens with one attached hydrogen (secondary N) is 1. The number of hydrogen-bond acceptors (Lipinski definition) is 4. The van der Waals surface area contributed by atoms with Crippen molar-refractivity contribution in [3.05, 3.63) is 36.0 Å². The number of thioether (sulfide) groups is 1. The van der Waals surface area contributed by atoms with Gasteiger partial charge in [0.15, 0.2) is 0 Å². The molecule has 2 aromatic rings. The van der Waals surface area contributed by atoms with Crippen molar-refractivity contribution in [1.29, 1.82) is 0 Å². The molecule has 0 saturated carbocycles. The molecule has 20 heavy (non-hydrogen) atoms. The Balaban J connectivity index is 2.20. The molecule has 0 aliphatic rings. The van der Waals surface area contributed by atoms with Crippen molar-refractivity contribution in [2.75, 3.05) is 24.3 Å². The number of pyridine rings is 1. The minimum Gasteiger partial charge on any atom is -0.383 e. The predicted octanol–water partition coefficient (Wildman–Crippen LogP) is 2.55. The Bertz CT molecular complexity index is 615. The lowest BCUT2D eigenvalue weighted by Gasteiger charge is -2.12. The van der Waals surface area contributed by atoms with Gasteiger partial charge in [0, 0.05) is 18.1 Å². The summed E-state index contributed by atoms with van der Waals surface area (Å²) in [6, 6.07) is 7.57. The summed E-state index contributed by atoms with van der Waals surface area (Å²) in [6.45, 7) is 2.79. The summed E-state index contributed by atoms with van der Waals surface area (Å²) in [7, 11) is 0. The van der Waals surface area contributed by atoms with Gasteiger partial charge in [0.25, 0.3) is 5.91 Å². The summed E-state index contributed by atoms with van der Waals surface area (Å²) >= 11 is 1.78. The van der Waals surface area contributed by atoms with E-state index in [2.05, 4.69) is 23.5 Å². The standard InChI is InChI=1S/C15H19N3OS/c1-10(9-20-2)7-18-15(19)13-8-17-14(16)12-6-4-3-5-11(12)13/h3-6,8,10H,7,9H2,1-2H3,(H2,16,17)(H,18,19). The highest BCUT2D eigenvalue weighted by Gasteiger charge is 2.13. The van der Waals surface area contributed by atoms with E-state index >= 15 is 0 Å². The number of hydrogen-bond donors (Lipinski definition) is 2. The maximum Gasteiger partial charge on any atom is 0.253 e. The fraction of sp³-hybridized carbons (Fsp3) is 0.333. The van der Waals surface area contributed by atoms with E-state index in [-0.39, 0.29) is 5.91 Å². The molecule has 0 saturated heterocycles. The normalized spacial score (nSPS) is 12.3. The molecule has 0 fully saturated rings. The third kappa shape index (κ3) is 3.22. The molecule has 1 unspecified atom stereocenters. The molecule has 0 bridgehead atoms. The van der Waals surface area contributed by atoms with Crippen LogP contribution in [0.25, 0.3) is 10.8 Å². The Labute approximate surface area is 123 Å². The molecule has 106 valence electrons. The number of nitrogens with two attached hydrogens (primary N) is 1. The van der Waals surface area contributed by atoms with E-state index in [0.717, 1.165) is 16.5 Å². The zero-order valence-corrected chi connectivity index (χ0v) is 12.5. The summed E-state index contributed by atoms with van der Waals surface area (Å²) < 4.78 is 0. The van der Waals surface area contributed by atoms with Gasteiger partial charge in [-0.15, -0.1) is 0 Å². The molecule has 0 aliphatic heterocycles. The van der Waals surface area contributed by atoms with E-state index in [9.17, 15) is 4.79 Å². The SMILES string of the molecule is CSCC(C)CNC(=O)c1cnc(N)c2ccccc12. The van der Waals surface area contributed by atoms with Crippen LogP contribution in [-0.4, -0.2) is 29.4 Å².